The average molecular weight is 295 g/mol. The van der Waals surface area contributed by atoms with Crippen molar-refractivity contribution in [2.45, 2.75) is 52.8 Å². The number of carbonyl (C=O) groups is 2. The molecule has 0 aromatic carbocycles. The van der Waals surface area contributed by atoms with Crippen LogP contribution in [0.1, 0.15) is 37.7 Å². The quantitative estimate of drug-likeness (QED) is 0.895. The van der Waals surface area contributed by atoms with Crippen LogP contribution < -0.4 is 0 Å². The van der Waals surface area contributed by atoms with E-state index in [0.29, 0.717) is 19.5 Å². The summed E-state index contributed by atoms with van der Waals surface area (Å²) in [5.41, 5.74) is 2.06. The number of carboxylic acids is 1. The number of nitrogens with zero attached hydrogens (tertiary/aromatic N) is 3. The first-order valence-electron chi connectivity index (χ1n) is 6.92. The molecule has 2 heterocycles. The zero-order valence-electron chi connectivity index (χ0n) is 12.8. The number of rotatable bonds is 2. The molecule has 0 bridgehead atoms. The molecular formula is C14H21N3O4. The van der Waals surface area contributed by atoms with E-state index in [0.717, 1.165) is 17.0 Å². The van der Waals surface area contributed by atoms with E-state index in [1.807, 2.05) is 27.7 Å². The molecule has 7 heteroatoms. The molecule has 7 nitrogen and oxygen atoms in total. The largest absolute Gasteiger partial charge is 0.480 e. The van der Waals surface area contributed by atoms with Crippen molar-refractivity contribution in [2.75, 3.05) is 6.54 Å². The third-order valence-corrected chi connectivity index (χ3v) is 3.27. The predicted octanol–water partition coefficient (Wildman–Crippen LogP) is 1.57. The molecule has 0 atom stereocenters. The van der Waals surface area contributed by atoms with Gasteiger partial charge in [0, 0.05) is 24.2 Å². The molecule has 0 aliphatic carbocycles. The fraction of sp³-hybridized carbons (Fsp3) is 0.643. The van der Waals surface area contributed by atoms with Gasteiger partial charge in [-0.05, 0) is 27.7 Å². The summed E-state index contributed by atoms with van der Waals surface area (Å²) in [5.74, 6) is -0.921. The van der Waals surface area contributed by atoms with Crippen molar-refractivity contribution in [1.82, 2.24) is 14.7 Å². The lowest BCUT2D eigenvalue weighted by Crippen LogP contribution is -2.40. The normalized spacial score (nSPS) is 14.8. The Kier molecular flexibility index (Phi) is 3.93. The summed E-state index contributed by atoms with van der Waals surface area (Å²) in [5, 5.41) is 13.2. The lowest BCUT2D eigenvalue weighted by molar-refractivity contribution is -0.137. The Bertz CT molecular complexity index is 572. The second-order valence-corrected chi connectivity index (χ2v) is 6.21. The summed E-state index contributed by atoms with van der Waals surface area (Å²) in [7, 11) is 0. The van der Waals surface area contributed by atoms with Crippen molar-refractivity contribution >= 4 is 12.1 Å². The molecule has 0 fully saturated rings. The van der Waals surface area contributed by atoms with Crippen molar-refractivity contribution in [3.05, 3.63) is 17.0 Å². The molecule has 0 spiro atoms. The van der Waals surface area contributed by atoms with Gasteiger partial charge >= 0.3 is 12.1 Å². The Hall–Kier alpha value is -2.05. The molecule has 1 aromatic heterocycles. The van der Waals surface area contributed by atoms with Gasteiger partial charge in [0.05, 0.1) is 12.2 Å². The van der Waals surface area contributed by atoms with Crippen molar-refractivity contribution < 1.29 is 19.4 Å². The van der Waals surface area contributed by atoms with Crippen molar-refractivity contribution in [3.63, 3.8) is 0 Å². The van der Waals surface area contributed by atoms with Crippen LogP contribution in [-0.2, 0) is 29.0 Å². The van der Waals surface area contributed by atoms with Crippen LogP contribution in [-0.4, -0.2) is 44.0 Å². The molecule has 0 radical (unpaired) electrons. The van der Waals surface area contributed by atoms with Gasteiger partial charge in [-0.25, -0.2) is 4.79 Å². The first kappa shape index (κ1) is 15.3. The minimum Gasteiger partial charge on any atom is -0.480 e. The lowest BCUT2D eigenvalue weighted by atomic mass is 10.1. The van der Waals surface area contributed by atoms with E-state index >= 15 is 0 Å². The van der Waals surface area contributed by atoms with Crippen LogP contribution in [0, 0.1) is 6.92 Å². The Morgan fingerprint density at radius 1 is 1.38 bits per heavy atom. The lowest BCUT2D eigenvalue weighted by Gasteiger charge is -2.30. The number of ether oxygens (including phenoxy) is 1. The second-order valence-electron chi connectivity index (χ2n) is 6.21. The maximum Gasteiger partial charge on any atom is 0.410 e. The molecule has 21 heavy (non-hydrogen) atoms. The Morgan fingerprint density at radius 2 is 2.05 bits per heavy atom. The van der Waals surface area contributed by atoms with Gasteiger partial charge in [0.2, 0.25) is 0 Å². The van der Waals surface area contributed by atoms with E-state index in [1.54, 1.807) is 4.90 Å². The number of hydrogen-bond donors (Lipinski definition) is 1. The third-order valence-electron chi connectivity index (χ3n) is 3.27. The predicted molar refractivity (Wildman–Crippen MR) is 74.9 cm³/mol. The van der Waals surface area contributed by atoms with Gasteiger partial charge in [0.1, 0.15) is 12.1 Å². The van der Waals surface area contributed by atoms with Crippen LogP contribution >= 0.6 is 0 Å². The fourth-order valence-corrected chi connectivity index (χ4v) is 2.40. The van der Waals surface area contributed by atoms with E-state index in [4.69, 9.17) is 9.84 Å². The van der Waals surface area contributed by atoms with E-state index in [1.165, 1.54) is 4.68 Å². The molecule has 1 aliphatic heterocycles. The van der Waals surface area contributed by atoms with Gasteiger partial charge in [-0.2, -0.15) is 5.10 Å². The topological polar surface area (TPSA) is 84.7 Å². The maximum atomic E-state index is 12.1. The minimum absolute atomic E-state index is 0.150. The molecule has 1 N–H and O–H groups in total. The van der Waals surface area contributed by atoms with Crippen LogP contribution in [0.2, 0.25) is 0 Å². The Balaban J connectivity index is 2.16. The summed E-state index contributed by atoms with van der Waals surface area (Å²) in [6, 6.07) is 0. The van der Waals surface area contributed by atoms with E-state index in [2.05, 4.69) is 5.10 Å². The number of carboxylic acid groups (broad SMARTS) is 1. The molecular weight excluding hydrogens is 274 g/mol. The van der Waals surface area contributed by atoms with Gasteiger partial charge in [-0.1, -0.05) is 0 Å². The molecule has 2 rings (SSSR count). The summed E-state index contributed by atoms with van der Waals surface area (Å²) in [6.45, 7) is 8.09. The highest BCUT2D eigenvalue weighted by Crippen LogP contribution is 2.23. The van der Waals surface area contributed by atoms with Gasteiger partial charge in [-0.15, -0.1) is 0 Å². The van der Waals surface area contributed by atoms with Crippen LogP contribution in [0.3, 0.4) is 0 Å². The number of hydrogen-bond acceptors (Lipinski definition) is 4. The molecule has 0 saturated carbocycles. The van der Waals surface area contributed by atoms with Crippen molar-refractivity contribution in [1.29, 1.82) is 0 Å². The third kappa shape index (κ3) is 3.53. The highest BCUT2D eigenvalue weighted by atomic mass is 16.6. The highest BCUT2D eigenvalue weighted by Gasteiger charge is 2.29. The number of fused-ring (bicyclic) bond motifs is 1. The smallest absolute Gasteiger partial charge is 0.410 e. The molecule has 1 aromatic rings. The fourth-order valence-electron chi connectivity index (χ4n) is 2.40. The number of carbonyl (C=O) groups excluding carboxylic acids is 1. The first-order valence-corrected chi connectivity index (χ1v) is 6.92. The first-order chi connectivity index (χ1) is 9.67. The zero-order valence-corrected chi connectivity index (χ0v) is 12.8. The van der Waals surface area contributed by atoms with Crippen LogP contribution in [0.4, 0.5) is 4.79 Å². The van der Waals surface area contributed by atoms with Gasteiger partial charge in [0.15, 0.2) is 0 Å². The minimum atomic E-state index is -0.921. The Labute approximate surface area is 123 Å². The summed E-state index contributed by atoms with van der Waals surface area (Å²) < 4.78 is 6.88. The number of aromatic nitrogens is 2. The summed E-state index contributed by atoms with van der Waals surface area (Å²) >= 11 is 0. The maximum absolute atomic E-state index is 12.1. The van der Waals surface area contributed by atoms with Gasteiger partial charge < -0.3 is 14.7 Å². The zero-order chi connectivity index (χ0) is 15.8. The standard InChI is InChI=1S/C14H21N3O4/c1-9-10-7-16(13(20)21-14(2,3)4)6-5-11(10)17(15-9)8-12(18)19/h5-8H2,1-4H3,(H,18,19). The molecule has 1 amide bonds. The number of aryl methyl sites for hydroxylation is 1. The monoisotopic (exact) mass is 295 g/mol. The van der Waals surface area contributed by atoms with Gasteiger partial charge in [-0.3, -0.25) is 9.48 Å². The highest BCUT2D eigenvalue weighted by molar-refractivity contribution is 5.69. The van der Waals surface area contributed by atoms with Crippen LogP contribution in [0.25, 0.3) is 0 Å². The number of amides is 1. The molecule has 0 unspecified atom stereocenters. The van der Waals surface area contributed by atoms with Crippen molar-refractivity contribution in [3.8, 4) is 0 Å². The molecule has 0 saturated heterocycles. The number of aliphatic carboxylic acids is 1. The van der Waals surface area contributed by atoms with E-state index in [9.17, 15) is 9.59 Å². The van der Waals surface area contributed by atoms with Crippen LogP contribution in [0.15, 0.2) is 0 Å². The summed E-state index contributed by atoms with van der Waals surface area (Å²) in [6.07, 6.45) is 0.237. The van der Waals surface area contributed by atoms with E-state index in [-0.39, 0.29) is 12.6 Å². The van der Waals surface area contributed by atoms with Crippen LogP contribution in [0.5, 0.6) is 0 Å². The molecule has 1 aliphatic rings. The van der Waals surface area contributed by atoms with E-state index < -0.39 is 11.6 Å². The molecule has 116 valence electrons. The van der Waals surface area contributed by atoms with Crippen molar-refractivity contribution in [2.24, 2.45) is 0 Å². The second kappa shape index (κ2) is 5.38. The SMILES string of the molecule is Cc1nn(CC(=O)O)c2c1CN(C(=O)OC(C)(C)C)CC2. The average Bonchev–Trinajstić information content (AvgIpc) is 2.63. The summed E-state index contributed by atoms with van der Waals surface area (Å²) in [4.78, 5) is 24.6. The van der Waals surface area contributed by atoms with Gasteiger partial charge in [0.25, 0.3) is 0 Å². The Morgan fingerprint density at radius 3 is 2.62 bits per heavy atom.